The van der Waals surface area contributed by atoms with Crippen LogP contribution in [0.5, 0.6) is 0 Å². The van der Waals surface area contributed by atoms with Crippen molar-refractivity contribution in [2.75, 3.05) is 0 Å². The molecule has 2 heteroatoms. The van der Waals surface area contributed by atoms with E-state index in [2.05, 4.69) is 98.6 Å². The van der Waals surface area contributed by atoms with E-state index in [9.17, 15) is 0 Å². The van der Waals surface area contributed by atoms with Crippen molar-refractivity contribution < 1.29 is 17.9 Å². The van der Waals surface area contributed by atoms with E-state index in [0.717, 1.165) is 0 Å². The third-order valence-corrected chi connectivity index (χ3v) is 57.6. The molecule has 2 aromatic rings. The Balaban J connectivity index is 2.05. The van der Waals surface area contributed by atoms with Crippen molar-refractivity contribution in [3.8, 4) is 0 Å². The third-order valence-electron chi connectivity index (χ3n) is 10.9. The molecule has 2 aromatic carbocycles. The van der Waals surface area contributed by atoms with Gasteiger partial charge in [0.2, 0.25) is 0 Å². The van der Waals surface area contributed by atoms with Gasteiger partial charge in [0.25, 0.3) is 0 Å². The van der Waals surface area contributed by atoms with Gasteiger partial charge >= 0.3 is 238 Å². The summed E-state index contributed by atoms with van der Waals surface area (Å²) in [5, 5.41) is 0. The second-order valence-electron chi connectivity index (χ2n) is 13.6. The molecule has 2 aliphatic rings. The number of benzene rings is 2. The summed E-state index contributed by atoms with van der Waals surface area (Å²) < 4.78 is 7.36. The monoisotopic (exact) mass is 605 g/mol. The number of hydrogen-bond acceptors (Lipinski definition) is 0. The van der Waals surface area contributed by atoms with E-state index < -0.39 is 23.9 Å². The van der Waals surface area contributed by atoms with E-state index >= 15 is 0 Å². The van der Waals surface area contributed by atoms with E-state index in [1.54, 1.807) is 33.4 Å². The van der Waals surface area contributed by atoms with Gasteiger partial charge in [-0.3, -0.25) is 0 Å². The van der Waals surface area contributed by atoms with Gasteiger partial charge in [0, 0.05) is 0 Å². The summed E-state index contributed by atoms with van der Waals surface area (Å²) in [6.45, 7) is 15.1. The normalized spacial score (nSPS) is 20.2. The van der Waals surface area contributed by atoms with Gasteiger partial charge in [-0.2, -0.15) is 0 Å². The zero-order chi connectivity index (χ0) is 27.5. The van der Waals surface area contributed by atoms with Crippen LogP contribution in [0.2, 0.25) is 22.4 Å². The SMILES string of the molecule is CCCCC1=C(CCC)[CH]([Zr]([CH3])([CH3])([CH]2C(CCC)=C(CCCC)c3ccccc32)[SiH](C)C)c2ccccc21. The standard InChI is InChI=1S/2C16H21.C2H7Si.2CH3.Zr/c2*1-3-5-10-15-13(8-4-2)12-14-9-6-7-11-16(14)15;1-3-2;;;/h2*6-7,9,11-12H,3-5,8,10H2,1-2H3;3H,1-2H3;2*1H3;. The average molecular weight is 607 g/mol. The molecule has 0 spiro atoms. The van der Waals surface area contributed by atoms with Gasteiger partial charge < -0.3 is 0 Å². The molecule has 0 radical (unpaired) electrons. The van der Waals surface area contributed by atoms with Crippen molar-refractivity contribution in [2.45, 2.75) is 122 Å². The van der Waals surface area contributed by atoms with Crippen molar-refractivity contribution in [1.82, 2.24) is 0 Å². The second kappa shape index (κ2) is 12.3. The number of allylic oxidation sites excluding steroid dienone is 4. The molecule has 207 valence electrons. The van der Waals surface area contributed by atoms with Gasteiger partial charge in [0.05, 0.1) is 0 Å². The van der Waals surface area contributed by atoms with Crippen LogP contribution in [-0.4, -0.2) is 5.92 Å². The summed E-state index contributed by atoms with van der Waals surface area (Å²) in [6.07, 6.45) is 12.8. The van der Waals surface area contributed by atoms with Gasteiger partial charge in [-0.25, -0.2) is 0 Å². The predicted molar refractivity (Wildman–Crippen MR) is 172 cm³/mol. The number of rotatable bonds is 13. The molecule has 0 nitrogen and oxygen atoms in total. The topological polar surface area (TPSA) is 0 Å². The molecule has 4 rings (SSSR count). The van der Waals surface area contributed by atoms with Gasteiger partial charge in [-0.05, 0) is 0 Å². The fourth-order valence-corrected chi connectivity index (χ4v) is 38.0. The van der Waals surface area contributed by atoms with Gasteiger partial charge in [0.15, 0.2) is 0 Å². The molecule has 2 aliphatic carbocycles. The molecular weight excluding hydrogens is 552 g/mol. The molecule has 0 fully saturated rings. The Labute approximate surface area is 237 Å². The second-order valence-corrected chi connectivity index (χ2v) is 51.5. The van der Waals surface area contributed by atoms with E-state index in [-0.39, 0.29) is 0 Å². The summed E-state index contributed by atoms with van der Waals surface area (Å²) in [5.41, 5.74) is 14.0. The maximum atomic E-state index is 2.97. The van der Waals surface area contributed by atoms with Crippen molar-refractivity contribution in [3.05, 3.63) is 81.9 Å². The molecule has 0 saturated carbocycles. The van der Waals surface area contributed by atoms with Crippen LogP contribution >= 0.6 is 0 Å². The fraction of sp³-hybridized carbons (Fsp3) is 0.556. The summed E-state index contributed by atoms with van der Waals surface area (Å²) in [5.74, 6) is -1.03. The van der Waals surface area contributed by atoms with Crippen LogP contribution in [0.25, 0.3) is 11.1 Å². The van der Waals surface area contributed by atoms with Crippen LogP contribution < -0.4 is 0 Å². The van der Waals surface area contributed by atoms with Crippen LogP contribution in [-0.2, 0) is 17.9 Å². The summed E-state index contributed by atoms with van der Waals surface area (Å²) in [7, 11) is 0. The van der Waals surface area contributed by atoms with E-state index in [1.807, 2.05) is 11.1 Å². The molecule has 2 atom stereocenters. The molecule has 2 unspecified atom stereocenters. The Kier molecular flexibility index (Phi) is 9.68. The van der Waals surface area contributed by atoms with Crippen LogP contribution in [0, 0.1) is 0 Å². The van der Waals surface area contributed by atoms with Crippen molar-refractivity contribution in [2.24, 2.45) is 0 Å². The summed E-state index contributed by atoms with van der Waals surface area (Å²) in [6, 6.07) is 19.4. The van der Waals surface area contributed by atoms with Crippen molar-refractivity contribution >= 4 is 17.1 Å². The minimum absolute atomic E-state index is 0.710. The first-order valence-corrected chi connectivity index (χ1v) is 31.0. The number of fused-ring (bicyclic) bond motifs is 2. The molecule has 0 amide bonds. The zero-order valence-corrected chi connectivity index (χ0v) is 29.5. The molecule has 0 N–H and O–H groups in total. The Morgan fingerprint density at radius 2 is 0.974 bits per heavy atom. The Bertz CT molecular complexity index is 1110. The first-order valence-electron chi connectivity index (χ1n) is 16.1. The molecular formula is C36H55SiZr. The summed E-state index contributed by atoms with van der Waals surface area (Å²) in [4.78, 5) is 0. The fourth-order valence-electron chi connectivity index (χ4n) is 8.46. The quantitative estimate of drug-likeness (QED) is 0.199. The Morgan fingerprint density at radius 3 is 1.32 bits per heavy atom. The summed E-state index contributed by atoms with van der Waals surface area (Å²) >= 11 is -3.59. The molecule has 0 bridgehead atoms. The van der Waals surface area contributed by atoms with E-state index in [4.69, 9.17) is 0 Å². The van der Waals surface area contributed by atoms with E-state index in [0.29, 0.717) is 7.25 Å². The number of hydrogen-bond donors (Lipinski definition) is 0. The molecule has 0 aromatic heterocycles. The van der Waals surface area contributed by atoms with Gasteiger partial charge in [0.1, 0.15) is 0 Å². The molecule has 0 heterocycles. The average Bonchev–Trinajstić information content (AvgIpc) is 3.39. The first-order chi connectivity index (χ1) is 18.3. The van der Waals surface area contributed by atoms with Crippen LogP contribution in [0.4, 0.5) is 0 Å². The maximum absolute atomic E-state index is 3.59. The van der Waals surface area contributed by atoms with Crippen LogP contribution in [0.15, 0.2) is 59.7 Å². The first kappa shape index (κ1) is 30.0. The molecule has 0 saturated heterocycles. The van der Waals surface area contributed by atoms with Gasteiger partial charge in [-0.1, -0.05) is 0 Å². The van der Waals surface area contributed by atoms with Crippen molar-refractivity contribution in [3.63, 3.8) is 0 Å². The van der Waals surface area contributed by atoms with Gasteiger partial charge in [-0.15, -0.1) is 0 Å². The molecule has 38 heavy (non-hydrogen) atoms. The van der Waals surface area contributed by atoms with Crippen molar-refractivity contribution in [1.29, 1.82) is 0 Å². The number of unbranched alkanes of at least 4 members (excludes halogenated alkanes) is 2. The molecule has 0 aliphatic heterocycles. The minimum atomic E-state index is -3.59. The van der Waals surface area contributed by atoms with Crippen LogP contribution in [0.1, 0.15) is 121 Å². The zero-order valence-electron chi connectivity index (χ0n) is 25.9. The van der Waals surface area contributed by atoms with Crippen LogP contribution in [0.3, 0.4) is 0 Å². The Morgan fingerprint density at radius 1 is 0.579 bits per heavy atom. The van der Waals surface area contributed by atoms with E-state index in [1.165, 1.54) is 64.2 Å². The Hall–Kier alpha value is -0.980. The third kappa shape index (κ3) is 4.89. The predicted octanol–water partition coefficient (Wildman–Crippen LogP) is 11.8.